The Hall–Kier alpha value is -3.24. The Labute approximate surface area is 226 Å². The van der Waals surface area contributed by atoms with E-state index in [1.807, 2.05) is 0 Å². The van der Waals surface area contributed by atoms with Crippen molar-refractivity contribution in [3.63, 3.8) is 0 Å². The number of aliphatic carboxylic acids is 1. The van der Waals surface area contributed by atoms with E-state index in [0.29, 0.717) is 17.7 Å². The predicted octanol–water partition coefficient (Wildman–Crippen LogP) is 7.83. The highest BCUT2D eigenvalue weighted by Crippen LogP contribution is 2.38. The van der Waals surface area contributed by atoms with Crippen molar-refractivity contribution in [3.05, 3.63) is 99.3 Å². The van der Waals surface area contributed by atoms with Gasteiger partial charge in [-0.15, -0.1) is 0 Å². The van der Waals surface area contributed by atoms with E-state index in [9.17, 15) is 31.1 Å². The molecule has 0 spiro atoms. The molecule has 0 aliphatic heterocycles. The molecule has 3 rings (SSSR count). The molecule has 0 aliphatic rings. The van der Waals surface area contributed by atoms with Crippen LogP contribution in [0.4, 0.5) is 26.3 Å². The van der Waals surface area contributed by atoms with Crippen molar-refractivity contribution in [1.29, 1.82) is 0 Å². The molecule has 1 unspecified atom stereocenters. The lowest BCUT2D eigenvalue weighted by atomic mass is 10.00. The number of ether oxygens (including phenoxy) is 1. The lowest BCUT2D eigenvalue weighted by molar-refractivity contribution is -0.138. The van der Waals surface area contributed by atoms with Gasteiger partial charge in [0.2, 0.25) is 0 Å². The Balaban J connectivity index is 1.85. The number of nitrogens with zero attached hydrogens (tertiary/aromatic N) is 1. The summed E-state index contributed by atoms with van der Waals surface area (Å²) in [6.07, 6.45) is -4.31. The van der Waals surface area contributed by atoms with Crippen LogP contribution in [0.1, 0.15) is 48.1 Å². The van der Waals surface area contributed by atoms with Gasteiger partial charge in [0.15, 0.2) is 17.5 Å². The zero-order valence-electron chi connectivity index (χ0n) is 20.9. The average Bonchev–Trinajstić information content (AvgIpc) is 2.87. The van der Waals surface area contributed by atoms with Gasteiger partial charge in [-0.3, -0.25) is 9.69 Å². The van der Waals surface area contributed by atoms with Crippen LogP contribution in [-0.4, -0.2) is 29.1 Å². The third-order valence-electron chi connectivity index (χ3n) is 6.12. The Kier molecular flexibility index (Phi) is 10.3. The van der Waals surface area contributed by atoms with E-state index in [0.717, 1.165) is 18.2 Å². The van der Waals surface area contributed by atoms with Crippen molar-refractivity contribution < 1.29 is 41.0 Å². The van der Waals surface area contributed by atoms with Crippen LogP contribution in [0.15, 0.2) is 54.6 Å². The Morgan fingerprint density at radius 2 is 1.77 bits per heavy atom. The normalized spacial score (nSPS) is 12.5. The van der Waals surface area contributed by atoms with Gasteiger partial charge in [-0.2, -0.15) is 13.2 Å². The van der Waals surface area contributed by atoms with Gasteiger partial charge >= 0.3 is 12.1 Å². The van der Waals surface area contributed by atoms with E-state index in [1.165, 1.54) is 12.1 Å². The predicted molar refractivity (Wildman–Crippen MR) is 134 cm³/mol. The van der Waals surface area contributed by atoms with Crippen LogP contribution in [-0.2, 0) is 23.9 Å². The van der Waals surface area contributed by atoms with E-state index < -0.39 is 46.2 Å². The van der Waals surface area contributed by atoms with Crippen molar-refractivity contribution in [2.75, 3.05) is 13.2 Å². The minimum Gasteiger partial charge on any atom is -0.494 e. The van der Waals surface area contributed by atoms with Gasteiger partial charge < -0.3 is 9.84 Å². The topological polar surface area (TPSA) is 49.8 Å². The molecule has 39 heavy (non-hydrogen) atoms. The SMILES string of the molecule is CCC(c1ccc(F)c(F)c1F)N(CCCOc1cccc(CC(=O)O)c1)Cc1cccc(C(F)(F)F)c1Cl. The summed E-state index contributed by atoms with van der Waals surface area (Å²) < 4.78 is 88.4. The van der Waals surface area contributed by atoms with Gasteiger partial charge in [0, 0.05) is 24.7 Å². The first-order valence-electron chi connectivity index (χ1n) is 12.1. The zero-order chi connectivity index (χ0) is 28.7. The van der Waals surface area contributed by atoms with Crippen LogP contribution >= 0.6 is 11.6 Å². The quantitative estimate of drug-likeness (QED) is 0.136. The summed E-state index contributed by atoms with van der Waals surface area (Å²) in [5.41, 5.74) is -0.476. The molecule has 0 aliphatic carbocycles. The molecular weight excluding hydrogens is 548 g/mol. The summed E-state index contributed by atoms with van der Waals surface area (Å²) in [5.74, 6) is -4.91. The summed E-state index contributed by atoms with van der Waals surface area (Å²) in [5, 5.41) is 8.47. The third-order valence-corrected chi connectivity index (χ3v) is 6.57. The number of carboxylic acids is 1. The van der Waals surface area contributed by atoms with Crippen LogP contribution in [0.25, 0.3) is 0 Å². The maximum Gasteiger partial charge on any atom is 0.417 e. The highest BCUT2D eigenvalue weighted by Gasteiger charge is 2.34. The fraction of sp³-hybridized carbons (Fsp3) is 0.321. The fourth-order valence-corrected chi connectivity index (χ4v) is 4.63. The number of halogens is 7. The van der Waals surface area contributed by atoms with Crippen molar-refractivity contribution in [2.24, 2.45) is 0 Å². The maximum absolute atomic E-state index is 14.8. The number of carbonyl (C=O) groups is 1. The van der Waals surface area contributed by atoms with Gasteiger partial charge in [-0.1, -0.05) is 48.9 Å². The fourth-order valence-electron chi connectivity index (χ4n) is 4.34. The highest BCUT2D eigenvalue weighted by molar-refractivity contribution is 6.32. The van der Waals surface area contributed by atoms with Crippen LogP contribution < -0.4 is 4.74 Å². The number of hydrogen-bond donors (Lipinski definition) is 1. The minimum absolute atomic E-state index is 0.131. The second kappa shape index (κ2) is 13.2. The van der Waals surface area contributed by atoms with Crippen LogP contribution in [0, 0.1) is 17.5 Å². The average molecular weight is 574 g/mol. The van der Waals surface area contributed by atoms with Crippen molar-refractivity contribution in [3.8, 4) is 5.75 Å². The summed E-state index contributed by atoms with van der Waals surface area (Å²) in [7, 11) is 0. The van der Waals surface area contributed by atoms with E-state index in [2.05, 4.69) is 0 Å². The molecule has 11 heteroatoms. The van der Waals surface area contributed by atoms with Crippen LogP contribution in [0.3, 0.4) is 0 Å². The smallest absolute Gasteiger partial charge is 0.417 e. The van der Waals surface area contributed by atoms with Crippen LogP contribution in [0.2, 0.25) is 5.02 Å². The molecule has 0 saturated carbocycles. The summed E-state index contributed by atoms with van der Waals surface area (Å²) in [6.45, 7) is 1.88. The molecule has 0 amide bonds. The first-order chi connectivity index (χ1) is 18.4. The largest absolute Gasteiger partial charge is 0.494 e. The Morgan fingerprint density at radius 3 is 2.44 bits per heavy atom. The van der Waals surface area contributed by atoms with Crippen molar-refractivity contribution in [1.82, 2.24) is 4.90 Å². The molecule has 210 valence electrons. The van der Waals surface area contributed by atoms with E-state index in [4.69, 9.17) is 21.4 Å². The third kappa shape index (κ3) is 7.89. The number of hydrogen-bond acceptors (Lipinski definition) is 3. The van der Waals surface area contributed by atoms with Crippen LogP contribution in [0.5, 0.6) is 5.75 Å². The van der Waals surface area contributed by atoms with E-state index in [1.54, 1.807) is 36.1 Å². The molecular formula is C28H26ClF6NO3. The van der Waals surface area contributed by atoms with Gasteiger partial charge in [0.25, 0.3) is 0 Å². The van der Waals surface area contributed by atoms with E-state index >= 15 is 0 Å². The molecule has 3 aromatic carbocycles. The molecule has 4 nitrogen and oxygen atoms in total. The molecule has 0 heterocycles. The Bertz CT molecular complexity index is 1300. The van der Waals surface area contributed by atoms with Gasteiger partial charge in [-0.05, 0) is 48.2 Å². The zero-order valence-corrected chi connectivity index (χ0v) is 21.6. The second-order valence-electron chi connectivity index (χ2n) is 8.86. The first-order valence-corrected chi connectivity index (χ1v) is 12.5. The molecule has 1 atom stereocenters. The molecule has 0 fully saturated rings. The number of alkyl halides is 3. The van der Waals surface area contributed by atoms with E-state index in [-0.39, 0.29) is 43.7 Å². The molecule has 3 aromatic rings. The molecule has 0 saturated heterocycles. The number of benzene rings is 3. The highest BCUT2D eigenvalue weighted by atomic mass is 35.5. The van der Waals surface area contributed by atoms with Gasteiger partial charge in [0.1, 0.15) is 5.75 Å². The second-order valence-corrected chi connectivity index (χ2v) is 9.23. The summed E-state index contributed by atoms with van der Waals surface area (Å²) in [6, 6.07) is 11.1. The lowest BCUT2D eigenvalue weighted by Gasteiger charge is -2.32. The molecule has 0 radical (unpaired) electrons. The summed E-state index contributed by atoms with van der Waals surface area (Å²) in [4.78, 5) is 12.6. The van der Waals surface area contributed by atoms with Crippen molar-refractivity contribution in [2.45, 2.75) is 44.9 Å². The Morgan fingerprint density at radius 1 is 1.05 bits per heavy atom. The molecule has 0 bridgehead atoms. The van der Waals surface area contributed by atoms with Gasteiger partial charge in [0.05, 0.1) is 23.6 Å². The van der Waals surface area contributed by atoms with Crippen molar-refractivity contribution >= 4 is 17.6 Å². The minimum atomic E-state index is -4.68. The maximum atomic E-state index is 14.8. The number of rotatable bonds is 12. The number of carboxylic acid groups (broad SMARTS) is 1. The monoisotopic (exact) mass is 573 g/mol. The molecule has 0 aromatic heterocycles. The summed E-state index contributed by atoms with van der Waals surface area (Å²) >= 11 is 6.10. The first kappa shape index (κ1) is 30.3. The standard InChI is InChI=1S/C28H26ClF6NO3/c1-2-23(20-10-11-22(30)27(32)26(20)31)36(16-18-7-4-9-21(25(18)29)28(33,34)35)12-5-13-39-19-8-3-6-17(14-19)15-24(37)38/h3-4,6-11,14,23H,2,5,12-13,15-16H2,1H3,(H,37,38). The van der Waals surface area contributed by atoms with Gasteiger partial charge in [-0.25, -0.2) is 13.2 Å². The lowest BCUT2D eigenvalue weighted by Crippen LogP contribution is -2.31. The molecule has 1 N–H and O–H groups in total.